The van der Waals surface area contributed by atoms with Gasteiger partial charge in [0.1, 0.15) is 0 Å². The zero-order valence-corrected chi connectivity index (χ0v) is 14.5. The molecule has 21 heavy (non-hydrogen) atoms. The minimum absolute atomic E-state index is 0.394. The van der Waals surface area contributed by atoms with Gasteiger partial charge < -0.3 is 10.1 Å². The molecule has 1 heterocycles. The monoisotopic (exact) mass is 334 g/mol. The van der Waals surface area contributed by atoms with E-state index in [1.807, 2.05) is 12.3 Å². The van der Waals surface area contributed by atoms with E-state index in [-0.39, 0.29) is 0 Å². The van der Waals surface area contributed by atoms with Crippen LogP contribution in [0.15, 0.2) is 16.3 Å². The Morgan fingerprint density at radius 3 is 2.71 bits per heavy atom. The van der Waals surface area contributed by atoms with Crippen LogP contribution in [-0.2, 0) is 21.3 Å². The highest BCUT2D eigenvalue weighted by Crippen LogP contribution is 2.21. The smallest absolute Gasteiger partial charge is 0.241 e. The van der Waals surface area contributed by atoms with Crippen molar-refractivity contribution in [3.63, 3.8) is 0 Å². The topological polar surface area (TPSA) is 67.4 Å². The number of nitrogens with one attached hydrogen (secondary N) is 2. The number of ether oxygens (including phenoxy) is 1. The summed E-state index contributed by atoms with van der Waals surface area (Å²) < 4.78 is 32.5. The fourth-order valence-electron chi connectivity index (χ4n) is 1.78. The summed E-state index contributed by atoms with van der Waals surface area (Å²) in [7, 11) is -3.41. The lowest BCUT2D eigenvalue weighted by atomic mass is 10.4. The third kappa shape index (κ3) is 6.88. The first-order valence-electron chi connectivity index (χ1n) is 7.46. The molecule has 0 radical (unpaired) electrons. The van der Waals surface area contributed by atoms with Gasteiger partial charge in [0.15, 0.2) is 0 Å². The normalized spacial score (nSPS) is 11.9. The van der Waals surface area contributed by atoms with Gasteiger partial charge in [-0.1, -0.05) is 13.8 Å². The molecule has 7 heteroatoms. The Bertz CT molecular complexity index is 486. The van der Waals surface area contributed by atoms with E-state index in [1.165, 1.54) is 11.3 Å². The summed E-state index contributed by atoms with van der Waals surface area (Å²) in [6.45, 7) is 7.34. The van der Waals surface area contributed by atoms with Crippen molar-refractivity contribution < 1.29 is 13.2 Å². The molecule has 0 amide bonds. The van der Waals surface area contributed by atoms with Crippen molar-refractivity contribution in [3.05, 3.63) is 16.3 Å². The quantitative estimate of drug-likeness (QED) is 0.576. The molecular weight excluding hydrogens is 308 g/mol. The summed E-state index contributed by atoms with van der Waals surface area (Å²) in [6, 6.07) is 1.67. The van der Waals surface area contributed by atoms with Gasteiger partial charge in [-0.25, -0.2) is 13.1 Å². The molecule has 0 saturated heterocycles. The van der Waals surface area contributed by atoms with E-state index in [4.69, 9.17) is 4.74 Å². The Balaban J connectivity index is 2.44. The molecule has 0 aliphatic rings. The van der Waals surface area contributed by atoms with Crippen LogP contribution >= 0.6 is 11.3 Å². The summed E-state index contributed by atoms with van der Waals surface area (Å²) in [5, 5.41) is 5.06. The molecule has 0 aromatic carbocycles. The first kappa shape index (κ1) is 18.6. The van der Waals surface area contributed by atoms with Gasteiger partial charge in [-0.15, -0.1) is 11.3 Å². The number of sulfonamides is 1. The molecule has 0 aliphatic carbocycles. The van der Waals surface area contributed by atoms with Crippen molar-refractivity contribution in [1.29, 1.82) is 0 Å². The van der Waals surface area contributed by atoms with Gasteiger partial charge in [-0.3, -0.25) is 0 Å². The second-order valence-electron chi connectivity index (χ2n) is 4.75. The lowest BCUT2D eigenvalue weighted by molar-refractivity contribution is 0.133. The second kappa shape index (κ2) is 10.3. The van der Waals surface area contributed by atoms with E-state index in [1.54, 1.807) is 6.07 Å². The molecule has 0 spiro atoms. The third-order valence-electron chi connectivity index (χ3n) is 2.81. The molecule has 0 bridgehead atoms. The highest BCUT2D eigenvalue weighted by atomic mass is 32.2. The molecule has 122 valence electrons. The van der Waals surface area contributed by atoms with Crippen molar-refractivity contribution in [2.24, 2.45) is 0 Å². The van der Waals surface area contributed by atoms with Gasteiger partial charge in [-0.05, 0) is 37.3 Å². The fourth-order valence-corrected chi connectivity index (χ4v) is 4.27. The van der Waals surface area contributed by atoms with Crippen molar-refractivity contribution in [3.8, 4) is 0 Å². The first-order chi connectivity index (χ1) is 10.1. The SMILES string of the molecule is CCCNCc1sccc1S(=O)(=O)NCCCOCCC. The van der Waals surface area contributed by atoms with E-state index in [9.17, 15) is 8.42 Å². The molecule has 0 atom stereocenters. The maximum absolute atomic E-state index is 12.3. The van der Waals surface area contributed by atoms with Crippen molar-refractivity contribution in [1.82, 2.24) is 10.0 Å². The molecule has 1 aromatic heterocycles. The van der Waals surface area contributed by atoms with E-state index in [0.29, 0.717) is 31.0 Å². The second-order valence-corrected chi connectivity index (χ2v) is 7.48. The van der Waals surface area contributed by atoms with Crippen molar-refractivity contribution in [2.45, 2.75) is 44.6 Å². The predicted octanol–water partition coefficient (Wildman–Crippen LogP) is 2.34. The lowest BCUT2D eigenvalue weighted by Gasteiger charge is -2.08. The maximum Gasteiger partial charge on any atom is 0.241 e. The Morgan fingerprint density at radius 2 is 2.00 bits per heavy atom. The Hall–Kier alpha value is -0.470. The van der Waals surface area contributed by atoms with Crippen molar-refractivity contribution in [2.75, 3.05) is 26.3 Å². The average Bonchev–Trinajstić information content (AvgIpc) is 2.92. The zero-order chi connectivity index (χ0) is 15.6. The van der Waals surface area contributed by atoms with Gasteiger partial charge in [-0.2, -0.15) is 0 Å². The first-order valence-corrected chi connectivity index (χ1v) is 9.82. The highest BCUT2D eigenvalue weighted by molar-refractivity contribution is 7.89. The van der Waals surface area contributed by atoms with E-state index in [0.717, 1.165) is 30.9 Å². The van der Waals surface area contributed by atoms with Gasteiger partial charge in [0.05, 0.1) is 4.90 Å². The fraction of sp³-hybridized carbons (Fsp3) is 0.714. The van der Waals surface area contributed by atoms with Crippen LogP contribution in [0.1, 0.15) is 38.0 Å². The molecule has 5 nitrogen and oxygen atoms in total. The van der Waals surface area contributed by atoms with Gasteiger partial charge in [0, 0.05) is 31.2 Å². The van der Waals surface area contributed by atoms with Crippen LogP contribution in [-0.4, -0.2) is 34.7 Å². The van der Waals surface area contributed by atoms with Crippen LogP contribution in [0.2, 0.25) is 0 Å². The summed E-state index contributed by atoms with van der Waals surface area (Å²) in [4.78, 5) is 1.25. The zero-order valence-electron chi connectivity index (χ0n) is 12.9. The van der Waals surface area contributed by atoms with Crippen LogP contribution in [0.5, 0.6) is 0 Å². The average molecular weight is 335 g/mol. The Kier molecular flexibility index (Phi) is 9.10. The summed E-state index contributed by atoms with van der Waals surface area (Å²) in [6.07, 6.45) is 2.70. The predicted molar refractivity (Wildman–Crippen MR) is 87.2 cm³/mol. The van der Waals surface area contributed by atoms with Gasteiger partial charge in [0.25, 0.3) is 0 Å². The van der Waals surface area contributed by atoms with Crippen LogP contribution in [0.4, 0.5) is 0 Å². The van der Waals surface area contributed by atoms with Crippen molar-refractivity contribution >= 4 is 21.4 Å². The highest BCUT2D eigenvalue weighted by Gasteiger charge is 2.18. The number of thiophene rings is 1. The minimum Gasteiger partial charge on any atom is -0.381 e. The standard InChI is InChI=1S/C14H26N2O3S2/c1-3-7-15-12-13-14(6-11-20-13)21(17,18)16-8-5-10-19-9-4-2/h6,11,15-16H,3-5,7-10,12H2,1-2H3. The number of rotatable bonds is 12. The van der Waals surface area contributed by atoms with Gasteiger partial charge in [0.2, 0.25) is 10.0 Å². The molecular formula is C14H26N2O3S2. The Labute approximate surface area is 132 Å². The van der Waals surface area contributed by atoms with E-state index < -0.39 is 10.0 Å². The summed E-state index contributed by atoms with van der Waals surface area (Å²) in [5.41, 5.74) is 0. The van der Waals surface area contributed by atoms with Gasteiger partial charge >= 0.3 is 0 Å². The third-order valence-corrected chi connectivity index (χ3v) is 5.41. The summed E-state index contributed by atoms with van der Waals surface area (Å²) >= 11 is 1.47. The molecule has 2 N–H and O–H groups in total. The molecule has 0 fully saturated rings. The van der Waals surface area contributed by atoms with E-state index >= 15 is 0 Å². The van der Waals surface area contributed by atoms with Crippen LogP contribution in [0, 0.1) is 0 Å². The molecule has 1 aromatic rings. The minimum atomic E-state index is -3.41. The largest absolute Gasteiger partial charge is 0.381 e. The molecule has 1 rings (SSSR count). The summed E-state index contributed by atoms with van der Waals surface area (Å²) in [5.74, 6) is 0. The molecule has 0 unspecified atom stereocenters. The molecule has 0 saturated carbocycles. The Morgan fingerprint density at radius 1 is 1.19 bits per heavy atom. The van der Waals surface area contributed by atoms with Crippen LogP contribution < -0.4 is 10.0 Å². The van der Waals surface area contributed by atoms with Crippen LogP contribution in [0.3, 0.4) is 0 Å². The van der Waals surface area contributed by atoms with E-state index in [2.05, 4.69) is 17.0 Å². The maximum atomic E-state index is 12.3. The number of hydrogen-bond donors (Lipinski definition) is 2. The molecule has 0 aliphatic heterocycles. The van der Waals surface area contributed by atoms with Crippen LogP contribution in [0.25, 0.3) is 0 Å². The lowest BCUT2D eigenvalue weighted by Crippen LogP contribution is -2.26. The number of hydrogen-bond acceptors (Lipinski definition) is 5.